The molecule has 5 heterocycles. The van der Waals surface area contributed by atoms with Gasteiger partial charge in [0.25, 0.3) is 11.9 Å². The van der Waals surface area contributed by atoms with E-state index in [1.165, 1.54) is 31.3 Å². The van der Waals surface area contributed by atoms with Crippen LogP contribution in [-0.2, 0) is 10.3 Å². The fourth-order valence-corrected chi connectivity index (χ4v) is 5.64. The van der Waals surface area contributed by atoms with E-state index in [1.54, 1.807) is 18.2 Å². The first-order valence-corrected chi connectivity index (χ1v) is 12.9. The lowest BCUT2D eigenvalue weighted by Gasteiger charge is -2.39. The molecular weight excluding hydrogens is 511 g/mol. The first-order valence-electron chi connectivity index (χ1n) is 11.9. The SMILES string of the molecule is COc1cnc(C(=O)Nc2ccc3c(c2)[C@@]2(CCSC(N)=N2)c2cc(C4=CCOCC4)nc(F)c2O3)cn1. The van der Waals surface area contributed by atoms with Crippen molar-refractivity contribution in [1.82, 2.24) is 15.0 Å². The zero-order valence-electron chi connectivity index (χ0n) is 20.4. The van der Waals surface area contributed by atoms with E-state index in [-0.39, 0.29) is 11.4 Å². The summed E-state index contributed by atoms with van der Waals surface area (Å²) >= 11 is 1.44. The van der Waals surface area contributed by atoms with Crippen molar-refractivity contribution >= 4 is 34.1 Å². The number of hydrogen-bond donors (Lipinski definition) is 2. The molecule has 3 N–H and O–H groups in total. The summed E-state index contributed by atoms with van der Waals surface area (Å²) in [5.74, 6) is 0.262. The molecule has 0 unspecified atom stereocenters. The summed E-state index contributed by atoms with van der Waals surface area (Å²) in [6.07, 6.45) is 5.79. The number of aromatic nitrogens is 3. The Morgan fingerprint density at radius 2 is 2.13 bits per heavy atom. The molecule has 0 radical (unpaired) electrons. The zero-order valence-corrected chi connectivity index (χ0v) is 21.2. The first kappa shape index (κ1) is 24.3. The Labute approximate surface area is 221 Å². The quantitative estimate of drug-likeness (QED) is 0.478. The topological polar surface area (TPSA) is 134 Å². The van der Waals surface area contributed by atoms with Crippen LogP contribution in [0.2, 0.25) is 0 Å². The number of amidine groups is 1. The number of carbonyl (C=O) groups excluding carboxylic acids is 1. The van der Waals surface area contributed by atoms with Crippen LogP contribution in [0.1, 0.15) is 40.2 Å². The molecule has 10 nitrogen and oxygen atoms in total. The standard InChI is InChI=1S/C26H23FN6O4S/c1-35-21-13-29-19(12-30-21)24(34)31-15-2-3-20-16(10-15)26(6-9-38-25(28)33-26)17-11-18(14-4-7-36-8-5-14)32-23(27)22(17)37-20/h2-4,10-13H,5-9H2,1H3,(H2,28,33)(H,31,34)/t26-/m0/s1. The van der Waals surface area contributed by atoms with Crippen LogP contribution in [0.4, 0.5) is 10.1 Å². The van der Waals surface area contributed by atoms with Crippen LogP contribution in [-0.4, -0.2) is 52.1 Å². The molecule has 3 aliphatic rings. The smallest absolute Gasteiger partial charge is 0.275 e. The Morgan fingerprint density at radius 1 is 1.24 bits per heavy atom. The van der Waals surface area contributed by atoms with Gasteiger partial charge in [-0.2, -0.15) is 4.39 Å². The number of amides is 1. The van der Waals surface area contributed by atoms with Gasteiger partial charge >= 0.3 is 0 Å². The van der Waals surface area contributed by atoms with Crippen molar-refractivity contribution in [3.8, 4) is 17.4 Å². The Balaban J connectivity index is 1.43. The minimum absolute atomic E-state index is 0.0302. The number of thioether (sulfide) groups is 1. The Bertz CT molecular complexity index is 1500. The molecule has 38 heavy (non-hydrogen) atoms. The molecule has 6 rings (SSSR count). The number of aliphatic imine (C=N–C) groups is 1. The van der Waals surface area contributed by atoms with E-state index in [0.29, 0.717) is 71.1 Å². The molecule has 3 aromatic rings. The van der Waals surface area contributed by atoms with Crippen LogP contribution >= 0.6 is 11.8 Å². The normalized spacial score (nSPS) is 19.9. The van der Waals surface area contributed by atoms with Crippen LogP contribution in [0.15, 0.2) is 47.7 Å². The second-order valence-corrected chi connectivity index (χ2v) is 9.96. The molecule has 3 aliphatic heterocycles. The number of halogens is 1. The lowest BCUT2D eigenvalue weighted by atomic mass is 9.78. The van der Waals surface area contributed by atoms with Gasteiger partial charge in [0, 0.05) is 22.6 Å². The summed E-state index contributed by atoms with van der Waals surface area (Å²) in [5.41, 5.74) is 8.48. The van der Waals surface area contributed by atoms with Crippen molar-refractivity contribution in [2.24, 2.45) is 10.7 Å². The number of anilines is 1. The number of nitrogens with zero attached hydrogens (tertiary/aromatic N) is 4. The molecule has 0 bridgehead atoms. The number of carbonyl (C=O) groups is 1. The highest BCUT2D eigenvalue weighted by molar-refractivity contribution is 8.13. The van der Waals surface area contributed by atoms with Gasteiger partial charge in [-0.1, -0.05) is 17.8 Å². The minimum Gasteiger partial charge on any atom is -0.480 e. The van der Waals surface area contributed by atoms with Gasteiger partial charge in [-0.15, -0.1) is 0 Å². The third-order valence-corrected chi connectivity index (χ3v) is 7.44. The third kappa shape index (κ3) is 4.25. The Hall–Kier alpha value is -4.03. The van der Waals surface area contributed by atoms with Crippen LogP contribution in [0, 0.1) is 5.95 Å². The molecular formula is C26H23FN6O4S. The van der Waals surface area contributed by atoms with E-state index >= 15 is 4.39 Å². The fraction of sp³-hybridized carbons (Fsp3) is 0.269. The lowest BCUT2D eigenvalue weighted by Crippen LogP contribution is -2.36. The number of pyridine rings is 1. The predicted octanol–water partition coefficient (Wildman–Crippen LogP) is 3.88. The molecule has 0 fully saturated rings. The zero-order chi connectivity index (χ0) is 26.3. The van der Waals surface area contributed by atoms with Gasteiger partial charge in [-0.3, -0.25) is 4.79 Å². The van der Waals surface area contributed by atoms with E-state index in [1.807, 2.05) is 12.1 Å². The molecule has 1 atom stereocenters. The molecule has 0 saturated heterocycles. The fourth-order valence-electron chi connectivity index (χ4n) is 4.81. The second-order valence-electron chi connectivity index (χ2n) is 8.85. The minimum atomic E-state index is -1.01. The van der Waals surface area contributed by atoms with Crippen molar-refractivity contribution in [2.75, 3.05) is 31.4 Å². The van der Waals surface area contributed by atoms with Crippen molar-refractivity contribution in [1.29, 1.82) is 0 Å². The molecule has 0 aliphatic carbocycles. The highest BCUT2D eigenvalue weighted by Crippen LogP contribution is 2.54. The maximum atomic E-state index is 15.5. The average Bonchev–Trinajstić information content (AvgIpc) is 2.94. The van der Waals surface area contributed by atoms with Gasteiger partial charge < -0.3 is 25.3 Å². The molecule has 0 saturated carbocycles. The Kier molecular flexibility index (Phi) is 6.20. The maximum Gasteiger partial charge on any atom is 0.275 e. The maximum absolute atomic E-state index is 15.5. The number of ether oxygens (including phenoxy) is 3. The van der Waals surface area contributed by atoms with E-state index in [9.17, 15) is 4.79 Å². The number of methoxy groups -OCH3 is 1. The molecule has 1 spiro atoms. The predicted molar refractivity (Wildman–Crippen MR) is 140 cm³/mol. The van der Waals surface area contributed by atoms with Crippen LogP contribution < -0.4 is 20.5 Å². The molecule has 2 aromatic heterocycles. The van der Waals surface area contributed by atoms with Crippen molar-refractivity contribution < 1.29 is 23.4 Å². The van der Waals surface area contributed by atoms with Gasteiger partial charge in [-0.25, -0.2) is 19.9 Å². The van der Waals surface area contributed by atoms with Gasteiger partial charge in [0.05, 0.1) is 38.4 Å². The molecule has 1 amide bonds. The van der Waals surface area contributed by atoms with E-state index in [0.717, 1.165) is 5.57 Å². The number of nitrogens with two attached hydrogens (primary N) is 1. The van der Waals surface area contributed by atoms with Crippen molar-refractivity contribution in [2.45, 2.75) is 18.4 Å². The Morgan fingerprint density at radius 3 is 2.87 bits per heavy atom. The molecule has 12 heteroatoms. The molecule has 1 aromatic carbocycles. The summed E-state index contributed by atoms with van der Waals surface area (Å²) in [4.78, 5) is 30.1. The first-order chi connectivity index (χ1) is 18.5. The highest BCUT2D eigenvalue weighted by Gasteiger charge is 2.46. The third-order valence-electron chi connectivity index (χ3n) is 6.65. The number of nitrogens with one attached hydrogen (secondary N) is 1. The van der Waals surface area contributed by atoms with Gasteiger partial charge in [0.15, 0.2) is 10.9 Å². The summed E-state index contributed by atoms with van der Waals surface area (Å²) in [6, 6.07) is 6.97. The average molecular weight is 535 g/mol. The van der Waals surface area contributed by atoms with E-state index in [4.69, 9.17) is 24.9 Å². The second kappa shape index (κ2) is 9.69. The number of fused-ring (bicyclic) bond motifs is 4. The summed E-state index contributed by atoms with van der Waals surface area (Å²) in [6.45, 7) is 0.990. The monoisotopic (exact) mass is 534 g/mol. The summed E-state index contributed by atoms with van der Waals surface area (Å²) in [5, 5.41) is 3.24. The van der Waals surface area contributed by atoms with Crippen molar-refractivity contribution in [3.63, 3.8) is 0 Å². The number of rotatable bonds is 4. The van der Waals surface area contributed by atoms with Gasteiger partial charge in [-0.05, 0) is 42.7 Å². The summed E-state index contributed by atoms with van der Waals surface area (Å²) in [7, 11) is 1.47. The van der Waals surface area contributed by atoms with Crippen LogP contribution in [0.5, 0.6) is 17.4 Å². The number of benzene rings is 1. The van der Waals surface area contributed by atoms with Crippen LogP contribution in [0.3, 0.4) is 0 Å². The van der Waals surface area contributed by atoms with E-state index < -0.39 is 17.4 Å². The lowest BCUT2D eigenvalue weighted by molar-refractivity contribution is 0.102. The van der Waals surface area contributed by atoms with Gasteiger partial charge in [0.2, 0.25) is 5.88 Å². The van der Waals surface area contributed by atoms with Crippen LogP contribution in [0.25, 0.3) is 5.57 Å². The van der Waals surface area contributed by atoms with E-state index in [2.05, 4.69) is 20.3 Å². The van der Waals surface area contributed by atoms with Gasteiger partial charge in [0.1, 0.15) is 17.0 Å². The number of hydrogen-bond acceptors (Lipinski definition) is 10. The largest absolute Gasteiger partial charge is 0.480 e. The molecule has 194 valence electrons. The van der Waals surface area contributed by atoms with Crippen molar-refractivity contribution in [3.05, 3.63) is 71.2 Å². The summed E-state index contributed by atoms with van der Waals surface area (Å²) < 4.78 is 31.9. The highest BCUT2D eigenvalue weighted by atomic mass is 32.2.